The molecule has 0 radical (unpaired) electrons. The number of fused-ring (bicyclic) bond motifs is 2. The normalized spacial score (nSPS) is 25.1. The molecule has 2 fully saturated rings. The second-order valence-electron chi connectivity index (χ2n) is 9.40. The van der Waals surface area contributed by atoms with E-state index < -0.39 is 0 Å². The van der Waals surface area contributed by atoms with Crippen LogP contribution in [0.2, 0.25) is 0 Å². The molecule has 0 bridgehead atoms. The molecule has 3 aromatic heterocycles. The van der Waals surface area contributed by atoms with Crippen LogP contribution in [0.4, 0.5) is 0 Å². The number of imidazole rings is 1. The van der Waals surface area contributed by atoms with Crippen molar-refractivity contribution in [1.82, 2.24) is 36.0 Å². The van der Waals surface area contributed by atoms with E-state index in [-0.39, 0.29) is 12.1 Å². The lowest BCUT2D eigenvalue weighted by Gasteiger charge is -2.34. The molecule has 5 heterocycles. The summed E-state index contributed by atoms with van der Waals surface area (Å²) in [4.78, 5) is 16.7. The first-order valence-corrected chi connectivity index (χ1v) is 12.4. The van der Waals surface area contributed by atoms with Gasteiger partial charge >= 0.3 is 0 Å². The van der Waals surface area contributed by atoms with Gasteiger partial charge in [-0.15, -0.1) is 11.3 Å². The van der Waals surface area contributed by atoms with E-state index in [0.717, 1.165) is 36.4 Å². The number of piperidine rings is 1. The highest BCUT2D eigenvalue weighted by Crippen LogP contribution is 2.39. The molecule has 4 atom stereocenters. The van der Waals surface area contributed by atoms with E-state index >= 15 is 0 Å². The molecule has 4 aromatic rings. The first kappa shape index (κ1) is 20.9. The van der Waals surface area contributed by atoms with Gasteiger partial charge in [0, 0.05) is 53.9 Å². The fourth-order valence-electron chi connectivity index (χ4n) is 5.27. The molecule has 2 aliphatic heterocycles. The Kier molecular flexibility index (Phi) is 5.48. The predicted octanol–water partition coefficient (Wildman–Crippen LogP) is 3.62. The third kappa shape index (κ3) is 3.98. The summed E-state index contributed by atoms with van der Waals surface area (Å²) in [7, 11) is 4.18. The number of rotatable bonds is 5. The average Bonchev–Trinajstić information content (AvgIpc) is 3.57. The van der Waals surface area contributed by atoms with Crippen LogP contribution in [-0.2, 0) is 6.54 Å². The molecule has 0 saturated carbocycles. The van der Waals surface area contributed by atoms with Crippen LogP contribution in [0.15, 0.2) is 54.2 Å². The number of nitrogens with zero attached hydrogens (tertiary/aromatic N) is 3. The molecule has 4 N–H and O–H groups in total. The van der Waals surface area contributed by atoms with Gasteiger partial charge in [-0.3, -0.25) is 10.4 Å². The number of H-pyrrole nitrogens is 1. The molecule has 170 valence electrons. The van der Waals surface area contributed by atoms with Crippen molar-refractivity contribution in [3.8, 4) is 10.4 Å². The van der Waals surface area contributed by atoms with Crippen molar-refractivity contribution in [2.75, 3.05) is 20.6 Å². The molecule has 33 heavy (non-hydrogen) atoms. The number of aromatic amines is 1. The van der Waals surface area contributed by atoms with Gasteiger partial charge in [0.05, 0.1) is 17.1 Å². The molecule has 2 saturated heterocycles. The second-order valence-corrected chi connectivity index (χ2v) is 10.3. The number of pyridine rings is 1. The van der Waals surface area contributed by atoms with Gasteiger partial charge in [-0.1, -0.05) is 18.2 Å². The van der Waals surface area contributed by atoms with Gasteiger partial charge in [-0.2, -0.15) is 0 Å². The minimum Gasteiger partial charge on any atom is -0.341 e. The SMILES string of the molecule is CN(C)Cc1cncc(C2CC3C(CN2)NNC3c2nc3c(-c4cccs4)cccc3[nH]2)c1. The van der Waals surface area contributed by atoms with E-state index in [4.69, 9.17) is 4.98 Å². The van der Waals surface area contributed by atoms with Crippen molar-refractivity contribution in [3.05, 3.63) is 71.1 Å². The number of hydrazine groups is 1. The lowest BCUT2D eigenvalue weighted by molar-refractivity contribution is 0.263. The van der Waals surface area contributed by atoms with Gasteiger partial charge in [-0.05, 0) is 55.2 Å². The topological polar surface area (TPSA) is 80.9 Å². The van der Waals surface area contributed by atoms with Crippen molar-refractivity contribution in [3.63, 3.8) is 0 Å². The largest absolute Gasteiger partial charge is 0.341 e. The maximum atomic E-state index is 5.10. The standard InChI is InChI=1S/C25H29N7S/c1-32(2)14-15-9-16(12-26-11-15)20-10-18-21(13-27-20)30-31-24(18)25-28-19-6-3-5-17(23(19)29-25)22-7-4-8-33-22/h3-9,11-12,18,20-21,24,27,30-31H,10,13-14H2,1-2H3,(H,28,29). The van der Waals surface area contributed by atoms with Crippen LogP contribution in [0.25, 0.3) is 21.5 Å². The van der Waals surface area contributed by atoms with Crippen molar-refractivity contribution in [2.45, 2.75) is 31.1 Å². The highest BCUT2D eigenvalue weighted by molar-refractivity contribution is 7.13. The minimum absolute atomic E-state index is 0.140. The lowest BCUT2D eigenvalue weighted by atomic mass is 9.82. The van der Waals surface area contributed by atoms with Crippen molar-refractivity contribution in [2.24, 2.45) is 5.92 Å². The van der Waals surface area contributed by atoms with Gasteiger partial charge in [0.2, 0.25) is 0 Å². The number of para-hydroxylation sites is 1. The van der Waals surface area contributed by atoms with Crippen LogP contribution < -0.4 is 16.2 Å². The third-order valence-corrected chi connectivity index (χ3v) is 7.69. The molecular formula is C25H29N7S. The Labute approximate surface area is 197 Å². The summed E-state index contributed by atoms with van der Waals surface area (Å²) >= 11 is 1.75. The van der Waals surface area contributed by atoms with Crippen LogP contribution in [0.5, 0.6) is 0 Å². The second kappa shape index (κ2) is 8.62. The summed E-state index contributed by atoms with van der Waals surface area (Å²) in [5.74, 6) is 1.44. The molecular weight excluding hydrogens is 430 g/mol. The summed E-state index contributed by atoms with van der Waals surface area (Å²) in [5, 5.41) is 5.85. The van der Waals surface area contributed by atoms with E-state index in [2.05, 4.69) is 86.9 Å². The zero-order valence-electron chi connectivity index (χ0n) is 18.9. The van der Waals surface area contributed by atoms with Crippen LogP contribution >= 0.6 is 11.3 Å². The van der Waals surface area contributed by atoms with Crippen LogP contribution in [-0.4, -0.2) is 46.5 Å². The minimum atomic E-state index is 0.140. The third-order valence-electron chi connectivity index (χ3n) is 6.79. The Hall–Kier alpha value is -2.62. The number of nitrogens with one attached hydrogen (secondary N) is 4. The summed E-state index contributed by atoms with van der Waals surface area (Å²) in [6, 6.07) is 13.7. The molecule has 0 amide bonds. The fourth-order valence-corrected chi connectivity index (χ4v) is 6.03. The van der Waals surface area contributed by atoms with Crippen molar-refractivity contribution >= 4 is 22.4 Å². The molecule has 4 unspecified atom stereocenters. The number of hydrogen-bond donors (Lipinski definition) is 4. The molecule has 0 aliphatic carbocycles. The maximum Gasteiger partial charge on any atom is 0.126 e. The van der Waals surface area contributed by atoms with Crippen LogP contribution in [0.1, 0.15) is 35.5 Å². The first-order valence-electron chi connectivity index (χ1n) is 11.5. The Morgan fingerprint density at radius 2 is 2.06 bits per heavy atom. The van der Waals surface area contributed by atoms with E-state index in [1.807, 2.05) is 12.4 Å². The van der Waals surface area contributed by atoms with Crippen molar-refractivity contribution in [1.29, 1.82) is 0 Å². The van der Waals surface area contributed by atoms with E-state index in [9.17, 15) is 0 Å². The predicted molar refractivity (Wildman–Crippen MR) is 133 cm³/mol. The summed E-state index contributed by atoms with van der Waals surface area (Å²) in [6.07, 6.45) is 5.00. The van der Waals surface area contributed by atoms with Gasteiger partial charge in [0.15, 0.2) is 0 Å². The molecule has 8 heteroatoms. The Morgan fingerprint density at radius 1 is 1.12 bits per heavy atom. The van der Waals surface area contributed by atoms with E-state index in [1.54, 1.807) is 11.3 Å². The Bertz CT molecular complexity index is 1250. The summed E-state index contributed by atoms with van der Waals surface area (Å²) in [6.45, 7) is 1.81. The van der Waals surface area contributed by atoms with Crippen LogP contribution in [0.3, 0.4) is 0 Å². The van der Waals surface area contributed by atoms with Gasteiger partial charge in [-0.25, -0.2) is 10.4 Å². The average molecular weight is 460 g/mol. The number of aromatic nitrogens is 3. The van der Waals surface area contributed by atoms with E-state index in [0.29, 0.717) is 12.0 Å². The molecule has 6 rings (SSSR count). The zero-order chi connectivity index (χ0) is 22.4. The summed E-state index contributed by atoms with van der Waals surface area (Å²) < 4.78 is 0. The maximum absolute atomic E-state index is 5.10. The van der Waals surface area contributed by atoms with Crippen LogP contribution in [0, 0.1) is 5.92 Å². The number of thiophene rings is 1. The first-order chi connectivity index (χ1) is 16.2. The molecule has 7 nitrogen and oxygen atoms in total. The molecule has 0 spiro atoms. The fraction of sp³-hybridized carbons (Fsp3) is 0.360. The van der Waals surface area contributed by atoms with Crippen molar-refractivity contribution < 1.29 is 0 Å². The van der Waals surface area contributed by atoms with Gasteiger partial charge in [0.25, 0.3) is 0 Å². The number of hydrogen-bond acceptors (Lipinski definition) is 7. The Balaban J connectivity index is 1.28. The van der Waals surface area contributed by atoms with E-state index in [1.165, 1.54) is 21.6 Å². The van der Waals surface area contributed by atoms with Gasteiger partial charge < -0.3 is 15.2 Å². The molecule has 1 aromatic carbocycles. The smallest absolute Gasteiger partial charge is 0.126 e. The zero-order valence-corrected chi connectivity index (χ0v) is 19.7. The highest BCUT2D eigenvalue weighted by atomic mass is 32.1. The lowest BCUT2D eigenvalue weighted by Crippen LogP contribution is -2.46. The number of benzene rings is 1. The monoisotopic (exact) mass is 459 g/mol. The molecule has 2 aliphatic rings. The summed E-state index contributed by atoms with van der Waals surface area (Å²) in [5.41, 5.74) is 12.9. The van der Waals surface area contributed by atoms with Gasteiger partial charge in [0.1, 0.15) is 5.82 Å². The Morgan fingerprint density at radius 3 is 2.91 bits per heavy atom. The quantitative estimate of drug-likeness (QED) is 0.365. The highest BCUT2D eigenvalue weighted by Gasteiger charge is 2.42.